The number of carboxylic acid groups (broad SMARTS) is 1. The Morgan fingerprint density at radius 2 is 1.87 bits per heavy atom. The highest BCUT2D eigenvalue weighted by molar-refractivity contribution is 5.70. The molecule has 0 heterocycles. The van der Waals surface area contributed by atoms with Gasteiger partial charge in [-0.25, -0.2) is 0 Å². The molecule has 0 aliphatic heterocycles. The summed E-state index contributed by atoms with van der Waals surface area (Å²) in [7, 11) is 0. The number of carboxylic acids is 1. The smallest absolute Gasteiger partial charge is 0.306 e. The van der Waals surface area contributed by atoms with Crippen molar-refractivity contribution in [1.29, 1.82) is 0 Å². The first-order valence-corrected chi connectivity index (χ1v) is 8.12. The predicted octanol–water partition coefficient (Wildman–Crippen LogP) is 4.75. The monoisotopic (exact) mass is 319 g/mol. The van der Waals surface area contributed by atoms with Gasteiger partial charge in [0.25, 0.3) is 5.69 Å². The number of nitrogens with zero attached hydrogens (tertiary/aromatic N) is 1. The Balaban J connectivity index is 2.48. The molecule has 5 nitrogen and oxygen atoms in total. The van der Waals surface area contributed by atoms with E-state index in [0.29, 0.717) is 12.0 Å². The van der Waals surface area contributed by atoms with Crippen LogP contribution in [0.25, 0.3) is 0 Å². The molecule has 0 aliphatic carbocycles. The van der Waals surface area contributed by atoms with Crippen LogP contribution in [0.4, 0.5) is 5.69 Å². The molecule has 0 aliphatic rings. The van der Waals surface area contributed by atoms with Crippen LogP contribution in [0.15, 0.2) is 36.9 Å². The zero-order chi connectivity index (χ0) is 17.1. The SMILES string of the molecule is C=CCCCCCCCC(Cc1ccccc1[N+](=O)[O-])C(=O)O. The van der Waals surface area contributed by atoms with Crippen LogP contribution in [0.1, 0.15) is 50.5 Å². The fourth-order valence-corrected chi connectivity index (χ4v) is 2.65. The van der Waals surface area contributed by atoms with E-state index in [1.165, 1.54) is 6.07 Å². The molecule has 1 rings (SSSR count). The number of nitro groups is 1. The summed E-state index contributed by atoms with van der Waals surface area (Å²) in [5.74, 6) is -1.45. The highest BCUT2D eigenvalue weighted by Crippen LogP contribution is 2.24. The van der Waals surface area contributed by atoms with Crippen LogP contribution in [0.3, 0.4) is 0 Å². The molecule has 23 heavy (non-hydrogen) atoms. The predicted molar refractivity (Wildman–Crippen MR) is 90.4 cm³/mol. The molecule has 0 saturated carbocycles. The van der Waals surface area contributed by atoms with Gasteiger partial charge in [0.05, 0.1) is 10.8 Å². The molecule has 5 heteroatoms. The van der Waals surface area contributed by atoms with E-state index in [0.717, 1.165) is 38.5 Å². The molecule has 0 fully saturated rings. The number of hydrogen-bond donors (Lipinski definition) is 1. The first kappa shape index (κ1) is 18.9. The maximum Gasteiger partial charge on any atom is 0.306 e. The first-order chi connectivity index (χ1) is 11.1. The van der Waals surface area contributed by atoms with E-state index in [1.54, 1.807) is 18.2 Å². The van der Waals surface area contributed by atoms with Gasteiger partial charge in [0.15, 0.2) is 0 Å². The quantitative estimate of drug-likeness (QED) is 0.261. The lowest BCUT2D eigenvalue weighted by Crippen LogP contribution is -2.17. The van der Waals surface area contributed by atoms with Crippen molar-refractivity contribution in [1.82, 2.24) is 0 Å². The molecule has 1 unspecified atom stereocenters. The van der Waals surface area contributed by atoms with Crippen molar-refractivity contribution in [3.05, 3.63) is 52.6 Å². The number of rotatable bonds is 12. The van der Waals surface area contributed by atoms with Gasteiger partial charge in [-0.15, -0.1) is 6.58 Å². The van der Waals surface area contributed by atoms with Crippen LogP contribution in [-0.2, 0) is 11.2 Å². The van der Waals surface area contributed by atoms with Crippen molar-refractivity contribution < 1.29 is 14.8 Å². The third-order valence-corrected chi connectivity index (χ3v) is 3.96. The van der Waals surface area contributed by atoms with Crippen molar-refractivity contribution in [3.63, 3.8) is 0 Å². The second-order valence-electron chi connectivity index (χ2n) is 5.76. The summed E-state index contributed by atoms with van der Waals surface area (Å²) in [6.45, 7) is 3.68. The number of allylic oxidation sites excluding steroid dienone is 1. The molecule has 126 valence electrons. The average molecular weight is 319 g/mol. The Kier molecular flexibility index (Phi) is 8.65. The Labute approximate surface area is 137 Å². The number of para-hydroxylation sites is 1. The van der Waals surface area contributed by atoms with Gasteiger partial charge >= 0.3 is 5.97 Å². The summed E-state index contributed by atoms with van der Waals surface area (Å²) >= 11 is 0. The topological polar surface area (TPSA) is 80.4 Å². The summed E-state index contributed by atoms with van der Waals surface area (Å²) in [5.41, 5.74) is 0.499. The maximum absolute atomic E-state index is 11.4. The molecule has 1 aromatic carbocycles. The third-order valence-electron chi connectivity index (χ3n) is 3.96. The van der Waals surface area contributed by atoms with Gasteiger partial charge in [-0.1, -0.05) is 50.0 Å². The van der Waals surface area contributed by atoms with Crippen LogP contribution in [0.2, 0.25) is 0 Å². The second kappa shape index (κ2) is 10.5. The minimum absolute atomic E-state index is 0.00294. The second-order valence-corrected chi connectivity index (χ2v) is 5.76. The molecule has 0 amide bonds. The minimum atomic E-state index is -0.880. The van der Waals surface area contributed by atoms with Gasteiger partial charge in [0, 0.05) is 11.6 Å². The van der Waals surface area contributed by atoms with Crippen molar-refractivity contribution in [3.8, 4) is 0 Å². The molecular formula is C18H25NO4. The molecule has 0 aromatic heterocycles. The van der Waals surface area contributed by atoms with E-state index >= 15 is 0 Å². The lowest BCUT2D eigenvalue weighted by atomic mass is 9.92. The maximum atomic E-state index is 11.4. The van der Waals surface area contributed by atoms with E-state index in [1.807, 2.05) is 6.08 Å². The summed E-state index contributed by atoms with van der Waals surface area (Å²) in [6, 6.07) is 6.37. The minimum Gasteiger partial charge on any atom is -0.481 e. The summed E-state index contributed by atoms with van der Waals surface area (Å²) in [5, 5.41) is 20.4. The molecule has 1 N–H and O–H groups in total. The lowest BCUT2D eigenvalue weighted by molar-refractivity contribution is -0.385. The molecule has 0 spiro atoms. The van der Waals surface area contributed by atoms with Crippen LogP contribution < -0.4 is 0 Å². The molecule has 1 aromatic rings. The highest BCUT2D eigenvalue weighted by Gasteiger charge is 2.22. The number of benzene rings is 1. The highest BCUT2D eigenvalue weighted by atomic mass is 16.6. The van der Waals surface area contributed by atoms with Crippen molar-refractivity contribution in [2.45, 2.75) is 51.4 Å². The van der Waals surface area contributed by atoms with E-state index in [2.05, 4.69) is 6.58 Å². The Morgan fingerprint density at radius 3 is 2.52 bits per heavy atom. The van der Waals surface area contributed by atoms with Gasteiger partial charge in [-0.05, 0) is 25.7 Å². The fourth-order valence-electron chi connectivity index (χ4n) is 2.65. The van der Waals surface area contributed by atoms with Gasteiger partial charge in [-0.2, -0.15) is 0 Å². The number of aliphatic carboxylic acids is 1. The van der Waals surface area contributed by atoms with Crippen molar-refractivity contribution in [2.24, 2.45) is 5.92 Å². The zero-order valence-electron chi connectivity index (χ0n) is 13.4. The zero-order valence-corrected chi connectivity index (χ0v) is 13.4. The summed E-state index contributed by atoms with van der Waals surface area (Å²) < 4.78 is 0. The molecule has 1 atom stereocenters. The molecule has 0 saturated heterocycles. The molecular weight excluding hydrogens is 294 g/mol. The Morgan fingerprint density at radius 1 is 1.22 bits per heavy atom. The van der Waals surface area contributed by atoms with Gasteiger partial charge in [0.2, 0.25) is 0 Å². The summed E-state index contributed by atoms with van der Waals surface area (Å²) in [4.78, 5) is 22.0. The van der Waals surface area contributed by atoms with E-state index in [9.17, 15) is 20.0 Å². The number of unbranched alkanes of at least 4 members (excludes halogenated alkanes) is 5. The van der Waals surface area contributed by atoms with Crippen molar-refractivity contribution >= 4 is 11.7 Å². The van der Waals surface area contributed by atoms with Gasteiger partial charge in [-0.3, -0.25) is 14.9 Å². The van der Waals surface area contributed by atoms with Crippen molar-refractivity contribution in [2.75, 3.05) is 0 Å². The Hall–Kier alpha value is -2.17. The number of carbonyl (C=O) groups is 1. The van der Waals surface area contributed by atoms with Gasteiger partial charge < -0.3 is 5.11 Å². The first-order valence-electron chi connectivity index (χ1n) is 8.12. The number of nitro benzene ring substituents is 1. The Bertz CT molecular complexity index is 528. The summed E-state index contributed by atoms with van der Waals surface area (Å²) in [6.07, 6.45) is 8.89. The van der Waals surface area contributed by atoms with Gasteiger partial charge in [0.1, 0.15) is 0 Å². The standard InChI is InChI=1S/C18H25NO4/c1-2-3-4-5-6-7-8-12-16(18(20)21)14-15-11-9-10-13-17(15)19(22)23/h2,9-11,13,16H,1,3-8,12,14H2,(H,20,21). The lowest BCUT2D eigenvalue weighted by Gasteiger charge is -2.12. The third kappa shape index (κ3) is 7.08. The van der Waals surface area contributed by atoms with Crippen LogP contribution >= 0.6 is 0 Å². The largest absolute Gasteiger partial charge is 0.481 e. The van der Waals surface area contributed by atoms with Crippen LogP contribution in [0.5, 0.6) is 0 Å². The molecule has 0 radical (unpaired) electrons. The van der Waals surface area contributed by atoms with Crippen LogP contribution in [0, 0.1) is 16.0 Å². The van der Waals surface area contributed by atoms with E-state index in [-0.39, 0.29) is 12.1 Å². The normalized spacial score (nSPS) is 11.8. The van der Waals surface area contributed by atoms with E-state index in [4.69, 9.17) is 0 Å². The fraction of sp³-hybridized carbons (Fsp3) is 0.500. The number of hydrogen-bond acceptors (Lipinski definition) is 3. The molecule has 0 bridgehead atoms. The average Bonchev–Trinajstić information content (AvgIpc) is 2.53. The van der Waals surface area contributed by atoms with Crippen LogP contribution in [-0.4, -0.2) is 16.0 Å². The van der Waals surface area contributed by atoms with E-state index < -0.39 is 16.8 Å².